The number of nitrogens with one attached hydrogen (secondary N) is 2. The van der Waals surface area contributed by atoms with Gasteiger partial charge in [0.25, 0.3) is 5.91 Å². The van der Waals surface area contributed by atoms with Gasteiger partial charge in [0.15, 0.2) is 0 Å². The molecule has 0 aromatic rings. The Labute approximate surface area is 154 Å². The summed E-state index contributed by atoms with van der Waals surface area (Å²) in [6.45, 7) is 2.97. The molecule has 3 aliphatic heterocycles. The Bertz CT molecular complexity index is 604. The fourth-order valence-corrected chi connectivity index (χ4v) is 5.24. The topological polar surface area (TPSA) is 81.8 Å². The smallest absolute Gasteiger partial charge is 0.325 e. The van der Waals surface area contributed by atoms with Crippen LogP contribution in [0.2, 0.25) is 0 Å². The zero-order chi connectivity index (χ0) is 18.3. The minimum atomic E-state index is -0.785. The Morgan fingerprint density at radius 3 is 2.54 bits per heavy atom. The van der Waals surface area contributed by atoms with Gasteiger partial charge in [-0.25, -0.2) is 4.79 Å². The van der Waals surface area contributed by atoms with Crippen molar-refractivity contribution < 1.29 is 14.4 Å². The molecule has 1 saturated carbocycles. The summed E-state index contributed by atoms with van der Waals surface area (Å²) in [5.74, 6) is 0.239. The monoisotopic (exact) mass is 362 g/mol. The highest BCUT2D eigenvalue weighted by atomic mass is 16.2. The van der Waals surface area contributed by atoms with Crippen LogP contribution in [0.3, 0.4) is 0 Å². The van der Waals surface area contributed by atoms with Gasteiger partial charge in [0.1, 0.15) is 5.54 Å². The molecule has 0 aromatic heterocycles. The summed E-state index contributed by atoms with van der Waals surface area (Å²) < 4.78 is 0. The fourth-order valence-electron chi connectivity index (χ4n) is 5.24. The zero-order valence-corrected chi connectivity index (χ0v) is 15.6. The van der Waals surface area contributed by atoms with E-state index < -0.39 is 5.54 Å². The lowest BCUT2D eigenvalue weighted by Crippen LogP contribution is -2.62. The number of imide groups is 1. The van der Waals surface area contributed by atoms with Gasteiger partial charge in [-0.2, -0.15) is 0 Å². The van der Waals surface area contributed by atoms with E-state index in [0.717, 1.165) is 51.5 Å². The highest BCUT2D eigenvalue weighted by Crippen LogP contribution is 2.36. The molecule has 4 aliphatic rings. The van der Waals surface area contributed by atoms with Crippen molar-refractivity contribution in [3.8, 4) is 0 Å². The predicted molar refractivity (Wildman–Crippen MR) is 96.1 cm³/mol. The molecule has 0 bridgehead atoms. The maximum Gasteiger partial charge on any atom is 0.325 e. The second-order valence-corrected chi connectivity index (χ2v) is 8.55. The largest absolute Gasteiger partial charge is 0.327 e. The third-order valence-electron chi connectivity index (χ3n) is 6.80. The van der Waals surface area contributed by atoms with Crippen LogP contribution in [-0.4, -0.2) is 58.5 Å². The van der Waals surface area contributed by atoms with Gasteiger partial charge in [0, 0.05) is 25.6 Å². The highest BCUT2D eigenvalue weighted by Gasteiger charge is 2.53. The first kappa shape index (κ1) is 17.8. The number of carbonyl (C=O) groups excluding carboxylic acids is 3. The van der Waals surface area contributed by atoms with Crippen molar-refractivity contribution in [2.24, 2.45) is 5.92 Å². The lowest BCUT2D eigenvalue weighted by Gasteiger charge is -2.43. The SMILES string of the molecule is CC1(C2CCCCC2)NC(=O)N(CC2CC(=O)N3CCCCC3N2)C1=O. The van der Waals surface area contributed by atoms with Crippen molar-refractivity contribution in [3.05, 3.63) is 0 Å². The van der Waals surface area contributed by atoms with E-state index in [2.05, 4.69) is 10.6 Å². The van der Waals surface area contributed by atoms with Gasteiger partial charge in [-0.05, 0) is 44.9 Å². The number of piperidine rings is 1. The minimum absolute atomic E-state index is 0.0560. The summed E-state index contributed by atoms with van der Waals surface area (Å²) in [4.78, 5) is 41.3. The molecule has 3 unspecified atom stereocenters. The summed E-state index contributed by atoms with van der Waals surface area (Å²) in [6.07, 6.45) is 8.97. The summed E-state index contributed by atoms with van der Waals surface area (Å²) in [5.41, 5.74) is -0.785. The summed E-state index contributed by atoms with van der Waals surface area (Å²) >= 11 is 0. The number of hydrogen-bond donors (Lipinski definition) is 2. The Morgan fingerprint density at radius 2 is 1.77 bits per heavy atom. The summed E-state index contributed by atoms with van der Waals surface area (Å²) in [5, 5.41) is 6.46. The van der Waals surface area contributed by atoms with E-state index in [-0.39, 0.29) is 42.5 Å². The van der Waals surface area contributed by atoms with Gasteiger partial charge in [0.2, 0.25) is 5.91 Å². The standard InChI is InChI=1S/C19H30N4O3/c1-19(13-7-3-2-4-8-13)17(25)23(18(26)21-19)12-14-11-16(24)22-10-6-5-9-15(22)20-14/h13-15,20H,2-12H2,1H3,(H,21,26). The van der Waals surface area contributed by atoms with Crippen molar-refractivity contribution in [2.45, 2.75) is 82.5 Å². The third-order valence-corrected chi connectivity index (χ3v) is 6.80. The number of rotatable bonds is 3. The molecule has 4 amide bonds. The molecule has 0 spiro atoms. The molecule has 4 rings (SSSR count). The van der Waals surface area contributed by atoms with Crippen molar-refractivity contribution in [2.75, 3.05) is 13.1 Å². The molecule has 3 atom stereocenters. The third kappa shape index (κ3) is 3.00. The van der Waals surface area contributed by atoms with E-state index in [9.17, 15) is 14.4 Å². The molecule has 26 heavy (non-hydrogen) atoms. The lowest BCUT2D eigenvalue weighted by atomic mass is 9.75. The van der Waals surface area contributed by atoms with E-state index in [1.807, 2.05) is 11.8 Å². The fraction of sp³-hybridized carbons (Fsp3) is 0.842. The van der Waals surface area contributed by atoms with Crippen LogP contribution in [0, 0.1) is 5.92 Å². The van der Waals surface area contributed by atoms with Crippen LogP contribution in [0.4, 0.5) is 4.79 Å². The van der Waals surface area contributed by atoms with Crippen LogP contribution in [0.1, 0.15) is 64.7 Å². The Balaban J connectivity index is 1.44. The molecule has 0 radical (unpaired) electrons. The second kappa shape index (κ2) is 6.83. The van der Waals surface area contributed by atoms with E-state index >= 15 is 0 Å². The first-order valence-corrected chi connectivity index (χ1v) is 10.2. The molecule has 3 heterocycles. The molecule has 144 valence electrons. The first-order chi connectivity index (χ1) is 12.5. The number of nitrogens with zero attached hydrogens (tertiary/aromatic N) is 2. The molecule has 7 heteroatoms. The normalized spacial score (nSPS) is 36.3. The second-order valence-electron chi connectivity index (χ2n) is 8.55. The molecule has 7 nitrogen and oxygen atoms in total. The number of hydrogen-bond acceptors (Lipinski definition) is 4. The lowest BCUT2D eigenvalue weighted by molar-refractivity contribution is -0.142. The molecule has 1 aliphatic carbocycles. The Morgan fingerprint density at radius 1 is 1.04 bits per heavy atom. The van der Waals surface area contributed by atoms with Crippen LogP contribution in [0.5, 0.6) is 0 Å². The van der Waals surface area contributed by atoms with E-state index in [4.69, 9.17) is 0 Å². The van der Waals surface area contributed by atoms with Crippen LogP contribution in [0.15, 0.2) is 0 Å². The maximum absolute atomic E-state index is 13.1. The molecule has 0 aromatic carbocycles. The minimum Gasteiger partial charge on any atom is -0.327 e. The average molecular weight is 362 g/mol. The maximum atomic E-state index is 13.1. The van der Waals surface area contributed by atoms with E-state index in [0.29, 0.717) is 6.42 Å². The van der Waals surface area contributed by atoms with Crippen LogP contribution < -0.4 is 10.6 Å². The van der Waals surface area contributed by atoms with Gasteiger partial charge in [-0.15, -0.1) is 0 Å². The zero-order valence-electron chi connectivity index (χ0n) is 15.6. The van der Waals surface area contributed by atoms with Gasteiger partial charge < -0.3 is 10.2 Å². The molecule has 3 saturated heterocycles. The highest BCUT2D eigenvalue weighted by molar-refractivity contribution is 6.07. The van der Waals surface area contributed by atoms with Crippen molar-refractivity contribution in [1.82, 2.24) is 20.4 Å². The van der Waals surface area contributed by atoms with Crippen LogP contribution in [0.25, 0.3) is 0 Å². The number of amides is 4. The van der Waals surface area contributed by atoms with Crippen molar-refractivity contribution in [1.29, 1.82) is 0 Å². The average Bonchev–Trinajstić information content (AvgIpc) is 2.87. The van der Waals surface area contributed by atoms with Gasteiger partial charge in [-0.3, -0.25) is 19.8 Å². The molecule has 2 N–H and O–H groups in total. The number of carbonyl (C=O) groups is 3. The van der Waals surface area contributed by atoms with Gasteiger partial charge >= 0.3 is 6.03 Å². The summed E-state index contributed by atoms with van der Waals surface area (Å²) in [6, 6.07) is -0.450. The molecular weight excluding hydrogens is 332 g/mol. The Kier molecular flexibility index (Phi) is 4.67. The molecular formula is C19H30N4O3. The predicted octanol–water partition coefficient (Wildman–Crippen LogP) is 1.58. The Hall–Kier alpha value is -1.63. The van der Waals surface area contributed by atoms with E-state index in [1.165, 1.54) is 11.3 Å². The quantitative estimate of drug-likeness (QED) is 0.747. The number of urea groups is 1. The number of fused-ring (bicyclic) bond motifs is 1. The molecule has 4 fully saturated rings. The van der Waals surface area contributed by atoms with Crippen molar-refractivity contribution in [3.63, 3.8) is 0 Å². The van der Waals surface area contributed by atoms with Gasteiger partial charge in [-0.1, -0.05) is 19.3 Å². The van der Waals surface area contributed by atoms with Crippen molar-refractivity contribution >= 4 is 17.8 Å². The van der Waals surface area contributed by atoms with Crippen LogP contribution >= 0.6 is 0 Å². The van der Waals surface area contributed by atoms with Crippen LogP contribution in [-0.2, 0) is 9.59 Å². The first-order valence-electron chi connectivity index (χ1n) is 10.2. The van der Waals surface area contributed by atoms with E-state index in [1.54, 1.807) is 0 Å². The summed E-state index contributed by atoms with van der Waals surface area (Å²) in [7, 11) is 0. The van der Waals surface area contributed by atoms with Gasteiger partial charge in [0.05, 0.1) is 6.17 Å².